The van der Waals surface area contributed by atoms with Crippen LogP contribution >= 0.6 is 15.9 Å². The summed E-state index contributed by atoms with van der Waals surface area (Å²) in [7, 11) is 4.20. The normalized spacial score (nSPS) is 20.1. The lowest BCUT2D eigenvalue weighted by atomic mass is 10.1. The fourth-order valence-corrected chi connectivity index (χ4v) is 3.43. The van der Waals surface area contributed by atoms with Gasteiger partial charge in [-0.1, -0.05) is 22.9 Å². The average molecular weight is 354 g/mol. The van der Waals surface area contributed by atoms with E-state index >= 15 is 0 Å². The number of anilines is 2. The molecule has 1 aromatic rings. The number of rotatable bonds is 5. The Balaban J connectivity index is 2.02. The van der Waals surface area contributed by atoms with Crippen molar-refractivity contribution in [3.63, 3.8) is 0 Å². The molecule has 0 aliphatic carbocycles. The fourth-order valence-electron chi connectivity index (χ4n) is 3.07. The molecule has 0 bridgehead atoms. The summed E-state index contributed by atoms with van der Waals surface area (Å²) in [5.74, 6) is 0. The summed E-state index contributed by atoms with van der Waals surface area (Å²) in [4.78, 5) is 4.78. The van der Waals surface area contributed by atoms with Gasteiger partial charge < -0.3 is 15.1 Å². The van der Waals surface area contributed by atoms with Gasteiger partial charge in [0, 0.05) is 31.2 Å². The van der Waals surface area contributed by atoms with E-state index < -0.39 is 0 Å². The standard InChI is InChI=1S/C17H28BrN3/c1-4-10-21-11-5-6-15(9-12-21)19-16-13-14(18)7-8-17(16)20(2)3/h7-8,13,15,19H,4-6,9-12H2,1-3H3. The Bertz CT molecular complexity index is 448. The highest BCUT2D eigenvalue weighted by atomic mass is 79.9. The van der Waals surface area contributed by atoms with Gasteiger partial charge in [-0.15, -0.1) is 0 Å². The molecular weight excluding hydrogens is 326 g/mol. The minimum absolute atomic E-state index is 0.583. The molecule has 0 amide bonds. The third-order valence-electron chi connectivity index (χ3n) is 4.16. The van der Waals surface area contributed by atoms with Gasteiger partial charge in [0.15, 0.2) is 0 Å². The van der Waals surface area contributed by atoms with Gasteiger partial charge in [0.1, 0.15) is 0 Å². The summed E-state index contributed by atoms with van der Waals surface area (Å²) >= 11 is 3.59. The van der Waals surface area contributed by atoms with Crippen molar-refractivity contribution in [2.45, 2.75) is 38.6 Å². The molecule has 4 heteroatoms. The van der Waals surface area contributed by atoms with E-state index in [4.69, 9.17) is 0 Å². The van der Waals surface area contributed by atoms with Crippen LogP contribution in [0.15, 0.2) is 22.7 Å². The molecule has 1 N–H and O–H groups in total. The molecule has 1 aromatic carbocycles. The Morgan fingerprint density at radius 2 is 2.10 bits per heavy atom. The Hall–Kier alpha value is -0.740. The SMILES string of the molecule is CCCN1CCCC(Nc2cc(Br)ccc2N(C)C)CC1. The van der Waals surface area contributed by atoms with Crippen molar-refractivity contribution in [1.82, 2.24) is 4.90 Å². The minimum Gasteiger partial charge on any atom is -0.381 e. The van der Waals surface area contributed by atoms with Gasteiger partial charge in [0.05, 0.1) is 11.4 Å². The van der Waals surface area contributed by atoms with Crippen LogP contribution in [-0.2, 0) is 0 Å². The monoisotopic (exact) mass is 353 g/mol. The maximum Gasteiger partial charge on any atom is 0.0597 e. The molecule has 0 radical (unpaired) electrons. The van der Waals surface area contributed by atoms with Crippen molar-refractivity contribution >= 4 is 27.3 Å². The van der Waals surface area contributed by atoms with Gasteiger partial charge >= 0.3 is 0 Å². The van der Waals surface area contributed by atoms with E-state index in [1.54, 1.807) is 0 Å². The average Bonchev–Trinajstić information content (AvgIpc) is 2.65. The van der Waals surface area contributed by atoms with Gasteiger partial charge in [-0.3, -0.25) is 0 Å². The lowest BCUT2D eigenvalue weighted by Crippen LogP contribution is -2.27. The first-order chi connectivity index (χ1) is 10.1. The van der Waals surface area contributed by atoms with Gasteiger partial charge in [0.25, 0.3) is 0 Å². The van der Waals surface area contributed by atoms with E-state index in [-0.39, 0.29) is 0 Å². The second-order valence-electron chi connectivity index (χ2n) is 6.17. The van der Waals surface area contributed by atoms with Crippen LogP contribution in [0.1, 0.15) is 32.6 Å². The van der Waals surface area contributed by atoms with Gasteiger partial charge in [-0.25, -0.2) is 0 Å². The molecule has 1 unspecified atom stereocenters. The number of hydrogen-bond donors (Lipinski definition) is 1. The van der Waals surface area contributed by atoms with Gasteiger partial charge in [0.2, 0.25) is 0 Å². The van der Waals surface area contributed by atoms with Crippen LogP contribution in [-0.4, -0.2) is 44.7 Å². The lowest BCUT2D eigenvalue weighted by molar-refractivity contribution is 0.285. The number of halogens is 1. The van der Waals surface area contributed by atoms with E-state index in [2.05, 4.69) is 70.3 Å². The highest BCUT2D eigenvalue weighted by Crippen LogP contribution is 2.30. The third-order valence-corrected chi connectivity index (χ3v) is 4.65. The Morgan fingerprint density at radius 3 is 2.81 bits per heavy atom. The fraction of sp³-hybridized carbons (Fsp3) is 0.647. The van der Waals surface area contributed by atoms with Gasteiger partial charge in [-0.05, 0) is 57.0 Å². The summed E-state index contributed by atoms with van der Waals surface area (Å²) < 4.78 is 1.14. The third kappa shape index (κ3) is 4.89. The summed E-state index contributed by atoms with van der Waals surface area (Å²) in [6.45, 7) is 5.99. The van der Waals surface area contributed by atoms with Crippen LogP contribution in [0.2, 0.25) is 0 Å². The second-order valence-corrected chi connectivity index (χ2v) is 7.09. The molecule has 1 atom stereocenters. The first-order valence-corrected chi connectivity index (χ1v) is 8.85. The molecule has 1 fully saturated rings. The van der Waals surface area contributed by atoms with Crippen molar-refractivity contribution in [3.8, 4) is 0 Å². The first kappa shape index (κ1) is 16.6. The maximum absolute atomic E-state index is 3.78. The van der Waals surface area contributed by atoms with Crippen molar-refractivity contribution in [2.24, 2.45) is 0 Å². The van der Waals surface area contributed by atoms with E-state index in [1.165, 1.54) is 56.7 Å². The van der Waals surface area contributed by atoms with Crippen LogP contribution in [0.4, 0.5) is 11.4 Å². The predicted octanol–water partition coefficient (Wildman–Crippen LogP) is 4.19. The van der Waals surface area contributed by atoms with Crippen LogP contribution < -0.4 is 10.2 Å². The molecule has 1 saturated heterocycles. The molecule has 0 saturated carbocycles. The Morgan fingerprint density at radius 1 is 1.29 bits per heavy atom. The van der Waals surface area contributed by atoms with Crippen molar-refractivity contribution in [1.29, 1.82) is 0 Å². The number of nitrogens with zero attached hydrogens (tertiary/aromatic N) is 2. The predicted molar refractivity (Wildman–Crippen MR) is 96.5 cm³/mol. The summed E-state index contributed by atoms with van der Waals surface area (Å²) in [5, 5.41) is 3.78. The zero-order valence-corrected chi connectivity index (χ0v) is 15.1. The Labute approximate surface area is 137 Å². The topological polar surface area (TPSA) is 18.5 Å². The molecule has 3 nitrogen and oxygen atoms in total. The summed E-state index contributed by atoms with van der Waals surface area (Å²) in [6, 6.07) is 7.06. The van der Waals surface area contributed by atoms with Crippen LogP contribution in [0.3, 0.4) is 0 Å². The highest BCUT2D eigenvalue weighted by molar-refractivity contribution is 9.10. The van der Waals surface area contributed by atoms with E-state index in [9.17, 15) is 0 Å². The summed E-state index contributed by atoms with van der Waals surface area (Å²) in [6.07, 6.45) is 5.05. The summed E-state index contributed by atoms with van der Waals surface area (Å²) in [5.41, 5.74) is 2.50. The van der Waals surface area contributed by atoms with Crippen molar-refractivity contribution < 1.29 is 0 Å². The van der Waals surface area contributed by atoms with Gasteiger partial charge in [-0.2, -0.15) is 0 Å². The maximum atomic E-state index is 3.78. The molecule has 1 heterocycles. The molecule has 0 spiro atoms. The van der Waals surface area contributed by atoms with E-state index in [1.807, 2.05) is 0 Å². The quantitative estimate of drug-likeness (QED) is 0.855. The first-order valence-electron chi connectivity index (χ1n) is 8.06. The number of likely N-dealkylation sites (tertiary alicyclic amines) is 1. The number of nitrogens with one attached hydrogen (secondary N) is 1. The van der Waals surface area contributed by atoms with Crippen LogP contribution in [0.5, 0.6) is 0 Å². The molecule has 21 heavy (non-hydrogen) atoms. The molecule has 1 aliphatic heterocycles. The molecule has 1 aliphatic rings. The molecule has 0 aromatic heterocycles. The zero-order valence-electron chi connectivity index (χ0n) is 13.5. The van der Waals surface area contributed by atoms with E-state index in [0.717, 1.165) is 4.47 Å². The molecular formula is C17H28BrN3. The van der Waals surface area contributed by atoms with Crippen LogP contribution in [0, 0.1) is 0 Å². The number of hydrogen-bond acceptors (Lipinski definition) is 3. The second kappa shape index (κ2) is 8.04. The smallest absolute Gasteiger partial charge is 0.0597 e. The van der Waals surface area contributed by atoms with Crippen molar-refractivity contribution in [2.75, 3.05) is 43.9 Å². The highest BCUT2D eigenvalue weighted by Gasteiger charge is 2.17. The van der Waals surface area contributed by atoms with Crippen molar-refractivity contribution in [3.05, 3.63) is 22.7 Å². The largest absolute Gasteiger partial charge is 0.381 e. The molecule has 118 valence electrons. The lowest BCUT2D eigenvalue weighted by Gasteiger charge is -2.24. The molecule has 2 rings (SSSR count). The Kier molecular flexibility index (Phi) is 6.37. The minimum atomic E-state index is 0.583. The zero-order chi connectivity index (χ0) is 15.2. The van der Waals surface area contributed by atoms with Crippen LogP contribution in [0.25, 0.3) is 0 Å². The van der Waals surface area contributed by atoms with E-state index in [0.29, 0.717) is 6.04 Å². The number of benzene rings is 1.